The lowest BCUT2D eigenvalue weighted by Crippen LogP contribution is -2.19. The fraction of sp³-hybridized carbons (Fsp3) is 0.375. The number of aromatic nitrogens is 4. The summed E-state index contributed by atoms with van der Waals surface area (Å²) in [5.41, 5.74) is 5.61. The predicted molar refractivity (Wildman–Crippen MR) is 58.2 cm³/mol. The summed E-state index contributed by atoms with van der Waals surface area (Å²) in [5.74, 6) is 0.722. The lowest BCUT2D eigenvalue weighted by atomic mass is 10.4. The number of halogens is 1. The van der Waals surface area contributed by atoms with Crippen LogP contribution in [0, 0.1) is 0 Å². The molecule has 0 amide bonds. The van der Waals surface area contributed by atoms with E-state index in [0.29, 0.717) is 18.6 Å². The molecule has 0 aromatic carbocycles. The molecule has 2 heterocycles. The smallest absolute Gasteiger partial charge is 0.295 e. The average molecular weight is 230 g/mol. The van der Waals surface area contributed by atoms with Crippen LogP contribution >= 0.6 is 12.4 Å². The van der Waals surface area contributed by atoms with Gasteiger partial charge < -0.3 is 10.3 Å². The maximum absolute atomic E-state index is 11.6. The number of hydrogen-bond acceptors (Lipinski definition) is 4. The van der Waals surface area contributed by atoms with Crippen LogP contribution in [0.1, 0.15) is 5.82 Å². The van der Waals surface area contributed by atoms with Gasteiger partial charge in [-0.05, 0) is 6.54 Å². The van der Waals surface area contributed by atoms with Gasteiger partial charge in [-0.1, -0.05) is 0 Å². The van der Waals surface area contributed by atoms with E-state index in [4.69, 9.17) is 5.73 Å². The van der Waals surface area contributed by atoms with E-state index >= 15 is 0 Å². The van der Waals surface area contributed by atoms with Crippen molar-refractivity contribution in [3.63, 3.8) is 0 Å². The minimum atomic E-state index is -0.150. The normalized spacial score (nSPS) is 10.3. The molecule has 0 fully saturated rings. The Morgan fingerprint density at radius 1 is 1.40 bits per heavy atom. The maximum atomic E-state index is 11.6. The first-order valence-electron chi connectivity index (χ1n) is 4.33. The van der Waals surface area contributed by atoms with Crippen molar-refractivity contribution in [3.8, 4) is 0 Å². The lowest BCUT2D eigenvalue weighted by Gasteiger charge is -1.98. The van der Waals surface area contributed by atoms with Crippen molar-refractivity contribution in [3.05, 3.63) is 28.6 Å². The van der Waals surface area contributed by atoms with Crippen molar-refractivity contribution in [2.75, 3.05) is 6.54 Å². The zero-order chi connectivity index (χ0) is 10.1. The topological polar surface area (TPSA) is 78.2 Å². The quantitative estimate of drug-likeness (QED) is 0.743. The van der Waals surface area contributed by atoms with Crippen LogP contribution in [0.5, 0.6) is 0 Å². The second kappa shape index (κ2) is 4.41. The molecule has 0 atom stereocenters. The molecule has 0 aliphatic rings. The van der Waals surface area contributed by atoms with E-state index in [0.717, 1.165) is 5.82 Å². The van der Waals surface area contributed by atoms with Gasteiger partial charge >= 0.3 is 0 Å². The monoisotopic (exact) mass is 229 g/mol. The Labute approximate surface area is 92.1 Å². The van der Waals surface area contributed by atoms with E-state index in [1.807, 2.05) is 0 Å². The minimum absolute atomic E-state index is 0. The summed E-state index contributed by atoms with van der Waals surface area (Å²) in [6.07, 6.45) is 4.06. The molecule has 0 aliphatic carbocycles. The predicted octanol–water partition coefficient (Wildman–Crippen LogP) is -0.649. The average Bonchev–Trinajstić information content (AvgIpc) is 2.57. The summed E-state index contributed by atoms with van der Waals surface area (Å²) in [6, 6.07) is 0. The zero-order valence-electron chi connectivity index (χ0n) is 8.25. The van der Waals surface area contributed by atoms with Gasteiger partial charge in [0.2, 0.25) is 5.65 Å². The Kier molecular flexibility index (Phi) is 3.43. The highest BCUT2D eigenvalue weighted by atomic mass is 35.5. The molecule has 2 N–H and O–H groups in total. The third-order valence-electron chi connectivity index (χ3n) is 2.09. The van der Waals surface area contributed by atoms with Crippen LogP contribution in [0.25, 0.3) is 5.65 Å². The first-order valence-corrected chi connectivity index (χ1v) is 4.33. The highest BCUT2D eigenvalue weighted by Crippen LogP contribution is 1.98. The molecule has 82 valence electrons. The van der Waals surface area contributed by atoms with E-state index in [2.05, 4.69) is 10.2 Å². The molecule has 2 rings (SSSR count). The van der Waals surface area contributed by atoms with Crippen LogP contribution in [0.4, 0.5) is 0 Å². The van der Waals surface area contributed by atoms with Gasteiger partial charge in [0.05, 0.1) is 0 Å². The van der Waals surface area contributed by atoms with E-state index in [9.17, 15) is 4.79 Å². The largest absolute Gasteiger partial charge is 0.330 e. The van der Waals surface area contributed by atoms with Gasteiger partial charge in [0.15, 0.2) is 0 Å². The van der Waals surface area contributed by atoms with Crippen molar-refractivity contribution < 1.29 is 0 Å². The second-order valence-electron chi connectivity index (χ2n) is 3.06. The molecular formula is C8H12ClN5O. The molecule has 0 aliphatic heterocycles. The van der Waals surface area contributed by atoms with Gasteiger partial charge in [-0.15, -0.1) is 22.6 Å². The summed E-state index contributed by atoms with van der Waals surface area (Å²) in [7, 11) is 1.68. The van der Waals surface area contributed by atoms with Crippen LogP contribution in [-0.2, 0) is 13.5 Å². The van der Waals surface area contributed by atoms with E-state index in [1.165, 1.54) is 4.57 Å². The molecule has 0 saturated heterocycles. The van der Waals surface area contributed by atoms with Crippen molar-refractivity contribution in [1.82, 2.24) is 19.2 Å². The second-order valence-corrected chi connectivity index (χ2v) is 3.06. The van der Waals surface area contributed by atoms with Gasteiger partial charge in [-0.3, -0.25) is 9.20 Å². The molecule has 0 radical (unpaired) electrons. The van der Waals surface area contributed by atoms with E-state index < -0.39 is 0 Å². The Hall–Kier alpha value is -1.40. The van der Waals surface area contributed by atoms with Crippen LogP contribution in [0.15, 0.2) is 17.2 Å². The molecule has 7 heteroatoms. The fourth-order valence-corrected chi connectivity index (χ4v) is 1.32. The van der Waals surface area contributed by atoms with Gasteiger partial charge in [0, 0.05) is 25.9 Å². The van der Waals surface area contributed by atoms with Crippen molar-refractivity contribution in [1.29, 1.82) is 0 Å². The molecule has 2 aromatic heterocycles. The minimum Gasteiger partial charge on any atom is -0.330 e. The third kappa shape index (κ3) is 1.86. The van der Waals surface area contributed by atoms with Crippen molar-refractivity contribution in [2.24, 2.45) is 12.8 Å². The van der Waals surface area contributed by atoms with Crippen LogP contribution in [0.2, 0.25) is 0 Å². The standard InChI is InChI=1S/C8H11N5O.ClH/c1-12-4-5-13-6(2-3-9)10-11-7(13)8(12)14;/h4-5H,2-3,9H2,1H3;1H. The first kappa shape index (κ1) is 11.7. The fourth-order valence-electron chi connectivity index (χ4n) is 1.32. The highest BCUT2D eigenvalue weighted by molar-refractivity contribution is 5.85. The summed E-state index contributed by atoms with van der Waals surface area (Å²) in [6.45, 7) is 0.496. The number of rotatable bonds is 2. The van der Waals surface area contributed by atoms with Gasteiger partial charge in [0.1, 0.15) is 5.82 Å². The molecule has 0 unspecified atom stereocenters. The van der Waals surface area contributed by atoms with Gasteiger partial charge in [0.25, 0.3) is 5.56 Å². The number of aryl methyl sites for hydroxylation is 1. The van der Waals surface area contributed by atoms with Crippen LogP contribution in [-0.4, -0.2) is 25.7 Å². The summed E-state index contributed by atoms with van der Waals surface area (Å²) in [5, 5.41) is 7.73. The third-order valence-corrected chi connectivity index (χ3v) is 2.09. The van der Waals surface area contributed by atoms with Crippen LogP contribution < -0.4 is 11.3 Å². The number of hydrogen-bond donors (Lipinski definition) is 1. The Bertz CT molecular complexity index is 517. The summed E-state index contributed by atoms with van der Waals surface area (Å²) < 4.78 is 3.14. The number of nitrogens with two attached hydrogens (primary N) is 1. The maximum Gasteiger partial charge on any atom is 0.295 e. The summed E-state index contributed by atoms with van der Waals surface area (Å²) in [4.78, 5) is 11.6. The molecule has 0 saturated carbocycles. The molecular weight excluding hydrogens is 218 g/mol. The highest BCUT2D eigenvalue weighted by Gasteiger charge is 2.07. The van der Waals surface area contributed by atoms with E-state index in [-0.39, 0.29) is 18.0 Å². The molecule has 2 aromatic rings. The SMILES string of the molecule is Cl.Cn1ccn2c(CCN)nnc2c1=O. The Morgan fingerprint density at radius 2 is 2.13 bits per heavy atom. The summed E-state index contributed by atoms with van der Waals surface area (Å²) >= 11 is 0. The van der Waals surface area contributed by atoms with Crippen molar-refractivity contribution in [2.45, 2.75) is 6.42 Å². The number of fused-ring (bicyclic) bond motifs is 1. The zero-order valence-corrected chi connectivity index (χ0v) is 9.07. The van der Waals surface area contributed by atoms with Gasteiger partial charge in [-0.25, -0.2) is 0 Å². The lowest BCUT2D eigenvalue weighted by molar-refractivity contribution is 0.816. The number of nitrogens with zero attached hydrogens (tertiary/aromatic N) is 4. The molecule has 0 spiro atoms. The van der Waals surface area contributed by atoms with Crippen LogP contribution in [0.3, 0.4) is 0 Å². The Morgan fingerprint density at radius 3 is 2.80 bits per heavy atom. The van der Waals surface area contributed by atoms with E-state index in [1.54, 1.807) is 23.8 Å². The molecule has 15 heavy (non-hydrogen) atoms. The molecule has 6 nitrogen and oxygen atoms in total. The van der Waals surface area contributed by atoms with Gasteiger partial charge in [-0.2, -0.15) is 0 Å². The van der Waals surface area contributed by atoms with Crippen molar-refractivity contribution >= 4 is 18.1 Å². The first-order chi connectivity index (χ1) is 6.74. The molecule has 0 bridgehead atoms. The Balaban J connectivity index is 0.00000112.